The number of hydrogen-bond donors (Lipinski definition) is 1. The van der Waals surface area contributed by atoms with Crippen molar-refractivity contribution in [1.82, 2.24) is 10.2 Å². The second kappa shape index (κ2) is 7.12. The number of piperidine rings is 1. The Labute approximate surface area is 158 Å². The predicted octanol–water partition coefficient (Wildman–Crippen LogP) is 4.37. The molecule has 1 heterocycles. The smallest absolute Gasteiger partial charge is 0.335 e. The lowest BCUT2D eigenvalue weighted by molar-refractivity contribution is -0.141. The number of benzene rings is 1. The summed E-state index contributed by atoms with van der Waals surface area (Å²) in [4.78, 5) is 15.1. The minimum absolute atomic E-state index is 0.00162. The zero-order valence-electron chi connectivity index (χ0n) is 15.5. The molecule has 1 N–H and O–H groups in total. The van der Waals surface area contributed by atoms with E-state index in [4.69, 9.17) is 0 Å². The van der Waals surface area contributed by atoms with Crippen LogP contribution in [0.15, 0.2) is 24.3 Å². The predicted molar refractivity (Wildman–Crippen MR) is 96.9 cm³/mol. The van der Waals surface area contributed by atoms with Crippen LogP contribution in [0.1, 0.15) is 56.1 Å². The Morgan fingerprint density at radius 1 is 1.15 bits per heavy atom. The maximum Gasteiger partial charge on any atom is 0.416 e. The van der Waals surface area contributed by atoms with Gasteiger partial charge < -0.3 is 10.2 Å². The molecule has 148 valence electrons. The Hall–Kier alpha value is -1.56. The van der Waals surface area contributed by atoms with Crippen LogP contribution in [-0.2, 0) is 17.5 Å². The van der Waals surface area contributed by atoms with Crippen molar-refractivity contribution < 1.29 is 18.0 Å². The van der Waals surface area contributed by atoms with Crippen LogP contribution >= 0.6 is 0 Å². The highest BCUT2D eigenvalue weighted by molar-refractivity contribution is 5.83. The van der Waals surface area contributed by atoms with E-state index in [2.05, 4.69) is 5.32 Å². The van der Waals surface area contributed by atoms with E-state index in [-0.39, 0.29) is 35.4 Å². The molecule has 0 radical (unpaired) electrons. The fourth-order valence-corrected chi connectivity index (χ4v) is 5.10. The molecule has 3 fully saturated rings. The molecule has 3 nitrogen and oxygen atoms in total. The van der Waals surface area contributed by atoms with Crippen LogP contribution in [0.5, 0.6) is 0 Å². The van der Waals surface area contributed by atoms with E-state index in [1.54, 1.807) is 11.0 Å². The lowest BCUT2D eigenvalue weighted by Crippen LogP contribution is -2.41. The molecule has 4 rings (SSSR count). The largest absolute Gasteiger partial charge is 0.416 e. The summed E-state index contributed by atoms with van der Waals surface area (Å²) in [5, 5.41) is 3.34. The fourth-order valence-electron chi connectivity index (χ4n) is 5.10. The molecule has 1 aromatic carbocycles. The molecule has 1 aliphatic heterocycles. The van der Waals surface area contributed by atoms with Gasteiger partial charge in [-0.15, -0.1) is 0 Å². The van der Waals surface area contributed by atoms with E-state index in [0.717, 1.165) is 64.1 Å². The molecular weight excluding hydrogens is 353 g/mol. The minimum Gasteiger partial charge on any atom is -0.335 e. The van der Waals surface area contributed by atoms with E-state index in [0.29, 0.717) is 0 Å². The van der Waals surface area contributed by atoms with Crippen molar-refractivity contribution in [2.75, 3.05) is 13.1 Å². The van der Waals surface area contributed by atoms with Crippen LogP contribution < -0.4 is 5.32 Å². The van der Waals surface area contributed by atoms with Gasteiger partial charge in [-0.2, -0.15) is 13.2 Å². The molecule has 3 aliphatic rings. The Morgan fingerprint density at radius 3 is 2.48 bits per heavy atom. The van der Waals surface area contributed by atoms with Crippen LogP contribution in [0.25, 0.3) is 0 Å². The van der Waals surface area contributed by atoms with Gasteiger partial charge in [-0.3, -0.25) is 4.79 Å². The van der Waals surface area contributed by atoms with Gasteiger partial charge in [0, 0.05) is 18.5 Å². The minimum atomic E-state index is -4.39. The Bertz CT molecular complexity index is 691. The zero-order chi connectivity index (χ0) is 19.1. The molecule has 1 aromatic rings. The van der Waals surface area contributed by atoms with Gasteiger partial charge in [0.15, 0.2) is 0 Å². The third kappa shape index (κ3) is 3.73. The third-order valence-electron chi connectivity index (χ3n) is 6.80. The average molecular weight is 380 g/mol. The molecule has 0 aromatic heterocycles. The van der Waals surface area contributed by atoms with Gasteiger partial charge in [0.25, 0.3) is 0 Å². The highest BCUT2D eigenvalue weighted by Gasteiger charge is 2.59. The van der Waals surface area contributed by atoms with Crippen molar-refractivity contribution in [3.8, 4) is 0 Å². The summed E-state index contributed by atoms with van der Waals surface area (Å²) in [6.07, 6.45) is 2.42. The van der Waals surface area contributed by atoms with Crippen molar-refractivity contribution in [2.24, 2.45) is 11.3 Å². The quantitative estimate of drug-likeness (QED) is 0.841. The number of nitrogens with zero attached hydrogens (tertiary/aromatic N) is 1. The maximum absolute atomic E-state index is 13.4. The number of nitrogens with one attached hydrogen (secondary N) is 1. The summed E-state index contributed by atoms with van der Waals surface area (Å²) in [6, 6.07) is 5.77. The molecule has 2 saturated carbocycles. The van der Waals surface area contributed by atoms with Gasteiger partial charge in [-0.25, -0.2) is 0 Å². The number of hydrogen-bond acceptors (Lipinski definition) is 2. The molecule has 6 heteroatoms. The average Bonchev–Trinajstić information content (AvgIpc) is 3.07. The SMILES string of the molecule is O=C(C1CC12CCNCC2)N(Cc1ccccc1C(F)(F)F)C1CCCC1. The summed E-state index contributed by atoms with van der Waals surface area (Å²) in [7, 11) is 0. The van der Waals surface area contributed by atoms with Crippen LogP contribution in [0.3, 0.4) is 0 Å². The van der Waals surface area contributed by atoms with E-state index in [9.17, 15) is 18.0 Å². The van der Waals surface area contributed by atoms with Gasteiger partial charge in [-0.05, 0) is 62.2 Å². The first-order chi connectivity index (χ1) is 12.9. The van der Waals surface area contributed by atoms with Gasteiger partial charge in [0.1, 0.15) is 0 Å². The molecule has 1 unspecified atom stereocenters. The monoisotopic (exact) mass is 380 g/mol. The first-order valence-electron chi connectivity index (χ1n) is 10.1. The van der Waals surface area contributed by atoms with Gasteiger partial charge in [-0.1, -0.05) is 31.0 Å². The van der Waals surface area contributed by atoms with E-state index >= 15 is 0 Å². The first kappa shape index (κ1) is 18.8. The fraction of sp³-hybridized carbons (Fsp3) is 0.667. The van der Waals surface area contributed by atoms with Gasteiger partial charge >= 0.3 is 6.18 Å². The number of carbonyl (C=O) groups excluding carboxylic acids is 1. The van der Waals surface area contributed by atoms with Crippen LogP contribution in [0.2, 0.25) is 0 Å². The molecule has 1 amide bonds. The lowest BCUT2D eigenvalue weighted by atomic mass is 9.91. The van der Waals surface area contributed by atoms with Crippen LogP contribution in [-0.4, -0.2) is 29.9 Å². The van der Waals surface area contributed by atoms with Crippen molar-refractivity contribution >= 4 is 5.91 Å². The standard InChI is InChI=1S/C21H27F3N2O/c22-21(23,24)17-8-4-1-5-15(17)14-26(16-6-2-3-7-16)19(27)18-13-20(18)9-11-25-12-10-20/h1,4-5,8,16,18,25H,2-3,6-7,9-14H2. The summed E-state index contributed by atoms with van der Waals surface area (Å²) in [6.45, 7) is 1.94. The number of amides is 1. The topological polar surface area (TPSA) is 32.3 Å². The summed E-state index contributed by atoms with van der Waals surface area (Å²) in [5.74, 6) is 0.0824. The van der Waals surface area contributed by atoms with Gasteiger partial charge in [0.2, 0.25) is 5.91 Å². The van der Waals surface area contributed by atoms with E-state index in [1.807, 2.05) is 0 Å². The van der Waals surface area contributed by atoms with E-state index in [1.165, 1.54) is 12.1 Å². The zero-order valence-corrected chi connectivity index (χ0v) is 15.5. The first-order valence-corrected chi connectivity index (χ1v) is 10.1. The summed E-state index contributed by atoms with van der Waals surface area (Å²) >= 11 is 0. The van der Waals surface area contributed by atoms with Crippen LogP contribution in [0, 0.1) is 11.3 Å². The molecule has 27 heavy (non-hydrogen) atoms. The molecule has 1 atom stereocenters. The number of rotatable bonds is 4. The van der Waals surface area contributed by atoms with Crippen LogP contribution in [0.4, 0.5) is 13.2 Å². The third-order valence-corrected chi connectivity index (χ3v) is 6.80. The highest BCUT2D eigenvalue weighted by Crippen LogP contribution is 2.59. The van der Waals surface area contributed by atoms with Crippen molar-refractivity contribution in [1.29, 1.82) is 0 Å². The Kier molecular flexibility index (Phi) is 4.95. The number of halogens is 3. The molecule has 1 spiro atoms. The highest BCUT2D eigenvalue weighted by atomic mass is 19.4. The summed E-state index contributed by atoms with van der Waals surface area (Å²) < 4.78 is 40.3. The molecule has 2 aliphatic carbocycles. The number of alkyl halides is 3. The molecular formula is C21H27F3N2O. The van der Waals surface area contributed by atoms with Gasteiger partial charge in [0.05, 0.1) is 5.56 Å². The Morgan fingerprint density at radius 2 is 1.81 bits per heavy atom. The number of carbonyl (C=O) groups is 1. The molecule has 1 saturated heterocycles. The van der Waals surface area contributed by atoms with E-state index < -0.39 is 11.7 Å². The Balaban J connectivity index is 1.57. The summed E-state index contributed by atoms with van der Waals surface area (Å²) in [5.41, 5.74) is -0.304. The van der Waals surface area contributed by atoms with Crippen molar-refractivity contribution in [3.05, 3.63) is 35.4 Å². The second-order valence-corrected chi connectivity index (χ2v) is 8.43. The lowest BCUT2D eigenvalue weighted by Gasteiger charge is -2.32. The molecule has 0 bridgehead atoms. The normalized spacial score (nSPS) is 24.9. The maximum atomic E-state index is 13.4. The van der Waals surface area contributed by atoms with Crippen molar-refractivity contribution in [2.45, 2.75) is 63.7 Å². The van der Waals surface area contributed by atoms with Crippen molar-refractivity contribution in [3.63, 3.8) is 0 Å². The second-order valence-electron chi connectivity index (χ2n) is 8.43.